The SMILES string of the molecule is COC(=O)N1c2ccc3c(nc(Cc4cccc(OC(C)C)n4)n3[C@H]3CC[C@H](C(=O)O)CC3)c2CC[C@@H]1C. The number of hydrogen-bond acceptors (Lipinski definition) is 6. The van der Waals surface area contributed by atoms with Gasteiger partial charge in [-0.15, -0.1) is 0 Å². The molecule has 2 aliphatic rings. The summed E-state index contributed by atoms with van der Waals surface area (Å²) in [6.45, 7) is 5.98. The normalized spacial score (nSPS) is 21.4. The highest BCUT2D eigenvalue weighted by molar-refractivity contribution is 5.95. The molecule has 1 saturated carbocycles. The lowest BCUT2D eigenvalue weighted by Gasteiger charge is -2.34. The van der Waals surface area contributed by atoms with Crippen LogP contribution in [0.4, 0.5) is 10.5 Å². The predicted molar refractivity (Wildman–Crippen MR) is 144 cm³/mol. The number of carboxylic acids is 1. The Labute approximate surface area is 222 Å². The van der Waals surface area contributed by atoms with Gasteiger partial charge in [0.1, 0.15) is 5.82 Å². The molecule has 1 aliphatic carbocycles. The fraction of sp³-hybridized carbons (Fsp3) is 0.517. The minimum Gasteiger partial charge on any atom is -0.481 e. The third kappa shape index (κ3) is 4.93. The van der Waals surface area contributed by atoms with Crippen LogP contribution in [0.3, 0.4) is 0 Å². The number of hydrogen-bond donors (Lipinski definition) is 1. The molecule has 0 radical (unpaired) electrons. The summed E-state index contributed by atoms with van der Waals surface area (Å²) in [5, 5.41) is 9.53. The quantitative estimate of drug-likeness (QED) is 0.455. The number of fused-ring (bicyclic) bond motifs is 3. The van der Waals surface area contributed by atoms with Crippen LogP contribution in [0.2, 0.25) is 0 Å². The Kier molecular flexibility index (Phi) is 7.27. The highest BCUT2D eigenvalue weighted by Crippen LogP contribution is 2.40. The third-order valence-electron chi connectivity index (χ3n) is 7.79. The minimum absolute atomic E-state index is 0.0263. The van der Waals surface area contributed by atoms with Gasteiger partial charge in [-0.25, -0.2) is 14.8 Å². The number of carbonyl (C=O) groups excluding carboxylic acids is 1. The summed E-state index contributed by atoms with van der Waals surface area (Å²) in [4.78, 5) is 35.9. The number of anilines is 1. The first-order chi connectivity index (χ1) is 18.3. The number of pyridine rings is 1. The monoisotopic (exact) mass is 520 g/mol. The first-order valence-electron chi connectivity index (χ1n) is 13.5. The predicted octanol–water partition coefficient (Wildman–Crippen LogP) is 5.53. The fourth-order valence-corrected chi connectivity index (χ4v) is 5.96. The van der Waals surface area contributed by atoms with Crippen LogP contribution in [-0.2, 0) is 22.4 Å². The molecule has 0 unspecified atom stereocenters. The van der Waals surface area contributed by atoms with E-state index in [0.29, 0.717) is 25.1 Å². The summed E-state index contributed by atoms with van der Waals surface area (Å²) < 4.78 is 13.2. The van der Waals surface area contributed by atoms with Gasteiger partial charge in [0.2, 0.25) is 5.88 Å². The molecule has 0 saturated heterocycles. The van der Waals surface area contributed by atoms with Crippen LogP contribution >= 0.6 is 0 Å². The van der Waals surface area contributed by atoms with Gasteiger partial charge in [-0.2, -0.15) is 0 Å². The maximum Gasteiger partial charge on any atom is 0.414 e. The number of aromatic nitrogens is 3. The average Bonchev–Trinajstić information content (AvgIpc) is 3.26. The first kappa shape index (κ1) is 26.0. The standard InChI is InChI=1S/C29H36N4O5/c1-17(2)38-26-7-5-6-20(30-26)16-25-31-27-22-13-8-18(3)32(29(36)37-4)23(22)14-15-24(27)33(25)21-11-9-19(10-12-21)28(34)35/h5-7,14-15,17-19,21H,8-13,16H2,1-4H3,(H,34,35)/t18-,19-,21-/m0/s1. The number of carboxylic acid groups (broad SMARTS) is 1. The summed E-state index contributed by atoms with van der Waals surface area (Å²) in [5.74, 6) is 0.474. The number of ether oxygens (including phenoxy) is 2. The minimum atomic E-state index is -0.712. The van der Waals surface area contributed by atoms with E-state index in [1.807, 2.05) is 51.1 Å². The maximum atomic E-state index is 12.6. The molecule has 1 fully saturated rings. The van der Waals surface area contributed by atoms with E-state index in [1.165, 1.54) is 7.11 Å². The Morgan fingerprint density at radius 1 is 1.08 bits per heavy atom. The average molecular weight is 521 g/mol. The molecule has 38 heavy (non-hydrogen) atoms. The summed E-state index contributed by atoms with van der Waals surface area (Å²) in [7, 11) is 1.41. The van der Waals surface area contributed by atoms with Crippen LogP contribution in [0.5, 0.6) is 5.88 Å². The van der Waals surface area contributed by atoms with E-state index in [0.717, 1.165) is 59.5 Å². The van der Waals surface area contributed by atoms with Crippen molar-refractivity contribution in [1.29, 1.82) is 0 Å². The first-order valence-corrected chi connectivity index (χ1v) is 13.5. The van der Waals surface area contributed by atoms with Gasteiger partial charge in [0.25, 0.3) is 0 Å². The molecule has 1 atom stereocenters. The number of aliphatic carboxylic acids is 1. The largest absolute Gasteiger partial charge is 0.481 e. The molecule has 3 heterocycles. The summed E-state index contributed by atoms with van der Waals surface area (Å²) in [6, 6.07) is 10.0. The Hall–Kier alpha value is -3.62. The zero-order chi connectivity index (χ0) is 27.0. The molecule has 9 nitrogen and oxygen atoms in total. The molecule has 202 valence electrons. The Balaban J connectivity index is 1.59. The molecule has 2 aromatic heterocycles. The van der Waals surface area contributed by atoms with Crippen molar-refractivity contribution in [3.05, 3.63) is 47.4 Å². The number of amides is 1. The number of carbonyl (C=O) groups is 2. The van der Waals surface area contributed by atoms with Gasteiger partial charge >= 0.3 is 12.1 Å². The molecule has 1 aromatic carbocycles. The van der Waals surface area contributed by atoms with Gasteiger partial charge in [-0.3, -0.25) is 9.69 Å². The van der Waals surface area contributed by atoms with Crippen LogP contribution in [0.1, 0.15) is 76.0 Å². The topological polar surface area (TPSA) is 107 Å². The van der Waals surface area contributed by atoms with Crippen molar-refractivity contribution in [2.75, 3.05) is 12.0 Å². The van der Waals surface area contributed by atoms with Crippen molar-refractivity contribution in [3.63, 3.8) is 0 Å². The third-order valence-corrected chi connectivity index (χ3v) is 7.79. The zero-order valence-electron chi connectivity index (χ0n) is 22.5. The Bertz CT molecular complexity index is 1340. The van der Waals surface area contributed by atoms with E-state index >= 15 is 0 Å². The van der Waals surface area contributed by atoms with Gasteiger partial charge < -0.3 is 19.1 Å². The van der Waals surface area contributed by atoms with Gasteiger partial charge in [-0.1, -0.05) is 6.07 Å². The second-order valence-corrected chi connectivity index (χ2v) is 10.7. The van der Waals surface area contributed by atoms with E-state index in [4.69, 9.17) is 19.4 Å². The zero-order valence-corrected chi connectivity index (χ0v) is 22.5. The number of aryl methyl sites for hydroxylation is 1. The van der Waals surface area contributed by atoms with Crippen LogP contribution < -0.4 is 9.64 Å². The number of benzene rings is 1. The lowest BCUT2D eigenvalue weighted by Crippen LogP contribution is -2.42. The van der Waals surface area contributed by atoms with Crippen molar-refractivity contribution in [1.82, 2.24) is 14.5 Å². The van der Waals surface area contributed by atoms with Crippen LogP contribution in [0.25, 0.3) is 11.0 Å². The molecule has 1 aliphatic heterocycles. The van der Waals surface area contributed by atoms with E-state index in [9.17, 15) is 14.7 Å². The van der Waals surface area contributed by atoms with E-state index < -0.39 is 5.97 Å². The molecule has 1 N–H and O–H groups in total. The molecule has 0 bridgehead atoms. The van der Waals surface area contributed by atoms with Crippen molar-refractivity contribution in [2.45, 2.75) is 83.9 Å². The fourth-order valence-electron chi connectivity index (χ4n) is 5.96. The lowest BCUT2D eigenvalue weighted by atomic mass is 9.85. The van der Waals surface area contributed by atoms with E-state index in [-0.39, 0.29) is 30.2 Å². The second-order valence-electron chi connectivity index (χ2n) is 10.7. The second kappa shape index (κ2) is 10.6. The van der Waals surface area contributed by atoms with Crippen LogP contribution in [0, 0.1) is 5.92 Å². The van der Waals surface area contributed by atoms with E-state index in [2.05, 4.69) is 4.57 Å². The number of imidazole rings is 1. The number of methoxy groups -OCH3 is 1. The van der Waals surface area contributed by atoms with Gasteiger partial charge in [0.15, 0.2) is 0 Å². The van der Waals surface area contributed by atoms with Crippen molar-refractivity contribution < 1.29 is 24.2 Å². The molecule has 3 aromatic rings. The smallest absolute Gasteiger partial charge is 0.414 e. The summed E-state index contributed by atoms with van der Waals surface area (Å²) in [6.07, 6.45) is 4.68. The molecule has 1 amide bonds. The van der Waals surface area contributed by atoms with Crippen LogP contribution in [-0.4, -0.2) is 51.0 Å². The maximum absolute atomic E-state index is 12.6. The van der Waals surface area contributed by atoms with E-state index in [1.54, 1.807) is 4.90 Å². The Morgan fingerprint density at radius 2 is 1.84 bits per heavy atom. The molecule has 5 rings (SSSR count). The molecular formula is C29H36N4O5. The Morgan fingerprint density at radius 3 is 2.53 bits per heavy atom. The summed E-state index contributed by atoms with van der Waals surface area (Å²) >= 11 is 0. The van der Waals surface area contributed by atoms with Gasteiger partial charge in [0.05, 0.1) is 41.5 Å². The molecule has 0 spiro atoms. The van der Waals surface area contributed by atoms with Crippen molar-refractivity contribution >= 4 is 28.8 Å². The highest BCUT2D eigenvalue weighted by atomic mass is 16.5. The molecule has 9 heteroatoms. The van der Waals surface area contributed by atoms with Crippen molar-refractivity contribution in [3.8, 4) is 5.88 Å². The molecular weight excluding hydrogens is 484 g/mol. The summed E-state index contributed by atoms with van der Waals surface area (Å²) in [5.41, 5.74) is 4.67. The van der Waals surface area contributed by atoms with Crippen LogP contribution in [0.15, 0.2) is 30.3 Å². The van der Waals surface area contributed by atoms with Gasteiger partial charge in [-0.05, 0) is 77.5 Å². The number of rotatable bonds is 6. The van der Waals surface area contributed by atoms with Gasteiger partial charge in [0, 0.05) is 30.1 Å². The lowest BCUT2D eigenvalue weighted by molar-refractivity contribution is -0.143. The highest BCUT2D eigenvalue weighted by Gasteiger charge is 2.33. The number of nitrogens with zero attached hydrogens (tertiary/aromatic N) is 4. The van der Waals surface area contributed by atoms with Crippen molar-refractivity contribution in [2.24, 2.45) is 5.92 Å².